The van der Waals surface area contributed by atoms with Gasteiger partial charge in [-0.3, -0.25) is 9.59 Å². The molecule has 8 nitrogen and oxygen atoms in total. The number of carbonyl (C=O) groups is 3. The van der Waals surface area contributed by atoms with Crippen molar-refractivity contribution < 1.29 is 19.5 Å². The third-order valence-electron chi connectivity index (χ3n) is 5.74. The van der Waals surface area contributed by atoms with Crippen LogP contribution >= 0.6 is 11.3 Å². The zero-order valence-electron chi connectivity index (χ0n) is 18.8. The van der Waals surface area contributed by atoms with Gasteiger partial charge in [-0.2, -0.15) is 0 Å². The maximum atomic E-state index is 12.8. The number of aliphatic carboxylic acids is 1. The zero-order chi connectivity index (χ0) is 24.1. The minimum atomic E-state index is -0.830. The molecule has 1 saturated heterocycles. The molecule has 1 aromatic heterocycles. The Balaban J connectivity index is 1.29. The molecule has 0 spiro atoms. The maximum absolute atomic E-state index is 12.8. The van der Waals surface area contributed by atoms with Crippen LogP contribution in [0.4, 0.5) is 16.2 Å². The number of nitrogens with zero attached hydrogens (tertiary/aromatic N) is 2. The first-order valence-corrected chi connectivity index (χ1v) is 11.9. The average Bonchev–Trinajstić information content (AvgIpc) is 3.22. The van der Waals surface area contributed by atoms with Crippen LogP contribution in [0, 0.1) is 6.92 Å². The molecule has 176 valence electrons. The van der Waals surface area contributed by atoms with Crippen LogP contribution in [-0.2, 0) is 22.4 Å². The zero-order valence-corrected chi connectivity index (χ0v) is 19.6. The smallest absolute Gasteiger partial charge is 0.323 e. The fourth-order valence-electron chi connectivity index (χ4n) is 3.74. The number of anilines is 2. The summed E-state index contributed by atoms with van der Waals surface area (Å²) in [6, 6.07) is 14.4. The highest BCUT2D eigenvalue weighted by Gasteiger charge is 2.35. The summed E-state index contributed by atoms with van der Waals surface area (Å²) in [6.45, 7) is 2.61. The fourth-order valence-corrected chi connectivity index (χ4v) is 4.81. The molecule has 9 heteroatoms. The van der Waals surface area contributed by atoms with E-state index < -0.39 is 5.97 Å². The minimum absolute atomic E-state index is 0.0246. The van der Waals surface area contributed by atoms with E-state index in [1.165, 1.54) is 11.3 Å². The van der Waals surface area contributed by atoms with E-state index in [4.69, 9.17) is 5.11 Å². The highest BCUT2D eigenvalue weighted by Crippen LogP contribution is 2.36. The van der Waals surface area contributed by atoms with E-state index >= 15 is 0 Å². The second kappa shape index (κ2) is 10.5. The number of carbonyl (C=O) groups excluding carboxylic acids is 2. The topological polar surface area (TPSA) is 112 Å². The van der Waals surface area contributed by atoms with Crippen molar-refractivity contribution in [1.29, 1.82) is 0 Å². The first kappa shape index (κ1) is 23.4. The maximum Gasteiger partial charge on any atom is 0.323 e. The number of hydrogen-bond donors (Lipinski definition) is 3. The van der Waals surface area contributed by atoms with E-state index in [1.54, 1.807) is 18.3 Å². The Hall–Kier alpha value is -3.72. The Bertz CT molecular complexity index is 1190. The molecular formula is C25H26N4O4S. The number of carboxylic acids is 1. The van der Waals surface area contributed by atoms with Gasteiger partial charge in [0.15, 0.2) is 0 Å². The Morgan fingerprint density at radius 1 is 1.12 bits per heavy atom. The molecule has 1 aliphatic rings. The van der Waals surface area contributed by atoms with Crippen LogP contribution in [0.3, 0.4) is 0 Å². The molecule has 34 heavy (non-hydrogen) atoms. The Morgan fingerprint density at radius 2 is 1.88 bits per heavy atom. The number of rotatable bonds is 8. The minimum Gasteiger partial charge on any atom is -0.481 e. The Kier molecular flexibility index (Phi) is 7.22. The van der Waals surface area contributed by atoms with E-state index in [1.807, 2.05) is 48.2 Å². The SMILES string of the molecule is Cc1ccccc1NC(=O)Nc1ccc(CC(=O)N2CCC2c2ncc(CCC(=O)O)s2)cc1. The number of urea groups is 1. The van der Waals surface area contributed by atoms with Crippen LogP contribution in [0.25, 0.3) is 0 Å². The molecule has 0 saturated carbocycles. The lowest BCUT2D eigenvalue weighted by Gasteiger charge is -2.39. The van der Waals surface area contributed by atoms with E-state index in [2.05, 4.69) is 15.6 Å². The van der Waals surface area contributed by atoms with Crippen LogP contribution in [0.2, 0.25) is 0 Å². The molecule has 3 amide bonds. The van der Waals surface area contributed by atoms with Gasteiger partial charge in [0.05, 0.1) is 18.9 Å². The van der Waals surface area contributed by atoms with Gasteiger partial charge in [-0.05, 0) is 49.1 Å². The predicted molar refractivity (Wildman–Crippen MR) is 131 cm³/mol. The number of carboxylic acid groups (broad SMARTS) is 1. The van der Waals surface area contributed by atoms with Crippen molar-refractivity contribution in [2.45, 2.75) is 38.6 Å². The summed E-state index contributed by atoms with van der Waals surface area (Å²) in [4.78, 5) is 43.0. The van der Waals surface area contributed by atoms with E-state index in [0.717, 1.165) is 33.1 Å². The van der Waals surface area contributed by atoms with Crippen molar-refractivity contribution in [3.05, 3.63) is 75.7 Å². The largest absolute Gasteiger partial charge is 0.481 e. The highest BCUT2D eigenvalue weighted by atomic mass is 32.1. The van der Waals surface area contributed by atoms with Gasteiger partial charge in [-0.1, -0.05) is 30.3 Å². The molecule has 2 aromatic carbocycles. The van der Waals surface area contributed by atoms with Gasteiger partial charge < -0.3 is 20.6 Å². The number of nitrogens with one attached hydrogen (secondary N) is 2. The summed E-state index contributed by atoms with van der Waals surface area (Å²) in [5.74, 6) is -0.805. The average molecular weight is 479 g/mol. The van der Waals surface area contributed by atoms with Crippen LogP contribution in [0.5, 0.6) is 0 Å². The summed E-state index contributed by atoms with van der Waals surface area (Å²) >= 11 is 1.48. The Morgan fingerprint density at radius 3 is 2.56 bits per heavy atom. The lowest BCUT2D eigenvalue weighted by atomic mass is 10.0. The molecule has 1 unspecified atom stereocenters. The predicted octanol–water partition coefficient (Wildman–Crippen LogP) is 4.63. The van der Waals surface area contributed by atoms with Crippen LogP contribution < -0.4 is 10.6 Å². The molecule has 1 fully saturated rings. The molecule has 1 atom stereocenters. The van der Waals surface area contributed by atoms with Crippen LogP contribution in [0.1, 0.15) is 39.9 Å². The Labute approximate surface area is 201 Å². The second-order valence-electron chi connectivity index (χ2n) is 8.22. The molecule has 0 aliphatic carbocycles. The molecule has 0 bridgehead atoms. The van der Waals surface area contributed by atoms with Crippen molar-refractivity contribution in [2.75, 3.05) is 17.2 Å². The number of amides is 3. The summed E-state index contributed by atoms with van der Waals surface area (Å²) in [5, 5.41) is 15.3. The molecule has 3 N–H and O–H groups in total. The third kappa shape index (κ3) is 5.79. The van der Waals surface area contributed by atoms with Crippen molar-refractivity contribution in [2.24, 2.45) is 0 Å². The van der Waals surface area contributed by atoms with Crippen LogP contribution in [0.15, 0.2) is 54.7 Å². The summed E-state index contributed by atoms with van der Waals surface area (Å²) in [6.07, 6.45) is 3.37. The summed E-state index contributed by atoms with van der Waals surface area (Å²) in [7, 11) is 0. The lowest BCUT2D eigenvalue weighted by molar-refractivity contribution is -0.138. The number of likely N-dealkylation sites (tertiary alicyclic amines) is 1. The number of aryl methyl sites for hydroxylation is 2. The van der Waals surface area contributed by atoms with Gasteiger partial charge in [0, 0.05) is 29.0 Å². The third-order valence-corrected chi connectivity index (χ3v) is 6.90. The number of para-hydroxylation sites is 1. The monoisotopic (exact) mass is 478 g/mol. The van der Waals surface area contributed by atoms with Gasteiger partial charge >= 0.3 is 12.0 Å². The molecular weight excluding hydrogens is 452 g/mol. The quantitative estimate of drug-likeness (QED) is 0.437. The van der Waals surface area contributed by atoms with Gasteiger partial charge in [-0.25, -0.2) is 9.78 Å². The van der Waals surface area contributed by atoms with Crippen molar-refractivity contribution in [1.82, 2.24) is 9.88 Å². The van der Waals surface area contributed by atoms with Crippen molar-refractivity contribution >= 4 is 40.6 Å². The van der Waals surface area contributed by atoms with Gasteiger partial charge in [0.1, 0.15) is 5.01 Å². The van der Waals surface area contributed by atoms with Gasteiger partial charge in [0.25, 0.3) is 0 Å². The van der Waals surface area contributed by atoms with Crippen molar-refractivity contribution in [3.63, 3.8) is 0 Å². The van der Waals surface area contributed by atoms with E-state index in [0.29, 0.717) is 18.7 Å². The molecule has 3 aromatic rings. The number of aromatic nitrogens is 1. The summed E-state index contributed by atoms with van der Waals surface area (Å²) in [5.41, 5.74) is 3.23. The normalized spacial score (nSPS) is 14.9. The lowest BCUT2D eigenvalue weighted by Crippen LogP contribution is -2.45. The van der Waals surface area contributed by atoms with Crippen LogP contribution in [-0.4, -0.2) is 39.4 Å². The first-order chi connectivity index (χ1) is 16.4. The number of thiazole rings is 1. The fraction of sp³-hybridized carbons (Fsp3) is 0.280. The summed E-state index contributed by atoms with van der Waals surface area (Å²) < 4.78 is 0. The van der Waals surface area contributed by atoms with Gasteiger partial charge in [-0.15, -0.1) is 11.3 Å². The first-order valence-electron chi connectivity index (χ1n) is 11.1. The van der Waals surface area contributed by atoms with Gasteiger partial charge in [0.2, 0.25) is 5.91 Å². The molecule has 4 rings (SSSR count). The number of hydrogen-bond acceptors (Lipinski definition) is 5. The number of benzene rings is 2. The molecule has 2 heterocycles. The molecule has 0 radical (unpaired) electrons. The highest BCUT2D eigenvalue weighted by molar-refractivity contribution is 7.11. The van der Waals surface area contributed by atoms with E-state index in [-0.39, 0.29) is 30.8 Å². The molecule has 1 aliphatic heterocycles. The second-order valence-corrected chi connectivity index (χ2v) is 9.36. The van der Waals surface area contributed by atoms with E-state index in [9.17, 15) is 14.4 Å². The van der Waals surface area contributed by atoms with Crippen molar-refractivity contribution in [3.8, 4) is 0 Å². The standard InChI is InChI=1S/C25H26N4O4S/c1-16-4-2-3-5-20(16)28-25(33)27-18-8-6-17(7-9-18)14-22(30)29-13-12-21(29)24-26-15-19(34-24)10-11-23(31)32/h2-9,15,21H,10-14H2,1H3,(H,31,32)(H2,27,28,33).